The predicted octanol–water partition coefficient (Wildman–Crippen LogP) is 5.63. The van der Waals surface area contributed by atoms with E-state index in [1.54, 1.807) is 36.4 Å². The molecule has 142 valence electrons. The van der Waals surface area contributed by atoms with Crippen LogP contribution >= 0.6 is 23.4 Å². The number of carbonyl (C=O) groups excluding carboxylic acids is 2. The molecule has 0 bridgehead atoms. The normalized spacial score (nSPS) is 10.4. The first-order chi connectivity index (χ1) is 13.5. The van der Waals surface area contributed by atoms with E-state index in [-0.39, 0.29) is 17.6 Å². The van der Waals surface area contributed by atoms with Crippen molar-refractivity contribution in [1.29, 1.82) is 0 Å². The van der Waals surface area contributed by atoms with Gasteiger partial charge in [-0.1, -0.05) is 53.6 Å². The summed E-state index contributed by atoms with van der Waals surface area (Å²) in [5.41, 5.74) is 2.92. The number of anilines is 2. The summed E-state index contributed by atoms with van der Waals surface area (Å²) in [6.45, 7) is 1.99. The monoisotopic (exact) mass is 410 g/mol. The number of hydrogen-bond donors (Lipinski definition) is 2. The van der Waals surface area contributed by atoms with Crippen molar-refractivity contribution in [3.05, 3.63) is 88.9 Å². The lowest BCUT2D eigenvalue weighted by Crippen LogP contribution is -2.16. The molecule has 0 aromatic heterocycles. The van der Waals surface area contributed by atoms with Crippen LogP contribution in [-0.2, 0) is 4.79 Å². The zero-order chi connectivity index (χ0) is 19.9. The summed E-state index contributed by atoms with van der Waals surface area (Å²) in [5.74, 6) is -0.199. The van der Waals surface area contributed by atoms with Gasteiger partial charge >= 0.3 is 0 Å². The first-order valence-electron chi connectivity index (χ1n) is 8.67. The fourth-order valence-electron chi connectivity index (χ4n) is 2.51. The second kappa shape index (κ2) is 9.44. The van der Waals surface area contributed by atoms with Crippen molar-refractivity contribution in [2.45, 2.75) is 11.8 Å². The van der Waals surface area contributed by atoms with Crippen molar-refractivity contribution in [2.24, 2.45) is 0 Å². The Morgan fingerprint density at radius 1 is 0.893 bits per heavy atom. The highest BCUT2D eigenvalue weighted by Crippen LogP contribution is 2.26. The zero-order valence-electron chi connectivity index (χ0n) is 15.2. The lowest BCUT2D eigenvalue weighted by atomic mass is 10.2. The molecule has 0 spiro atoms. The molecule has 3 aromatic rings. The fourth-order valence-corrected chi connectivity index (χ4v) is 3.54. The molecule has 4 nitrogen and oxygen atoms in total. The maximum Gasteiger partial charge on any atom is 0.256 e. The van der Waals surface area contributed by atoms with Crippen LogP contribution in [0.25, 0.3) is 0 Å². The van der Waals surface area contributed by atoms with E-state index in [1.807, 2.05) is 43.3 Å². The number of nitrogens with one attached hydrogen (secondary N) is 2. The van der Waals surface area contributed by atoms with Crippen molar-refractivity contribution in [3.63, 3.8) is 0 Å². The highest BCUT2D eigenvalue weighted by Gasteiger charge is 2.14. The molecule has 0 aliphatic heterocycles. The Bertz CT molecular complexity index is 990. The van der Waals surface area contributed by atoms with E-state index in [2.05, 4.69) is 10.6 Å². The van der Waals surface area contributed by atoms with Gasteiger partial charge in [0.15, 0.2) is 0 Å². The summed E-state index contributed by atoms with van der Waals surface area (Å²) in [6.07, 6.45) is 0. The number of hydrogen-bond acceptors (Lipinski definition) is 3. The molecule has 2 amide bonds. The predicted molar refractivity (Wildman–Crippen MR) is 116 cm³/mol. The van der Waals surface area contributed by atoms with Crippen molar-refractivity contribution in [1.82, 2.24) is 0 Å². The van der Waals surface area contributed by atoms with E-state index in [1.165, 1.54) is 11.8 Å². The Morgan fingerprint density at radius 2 is 1.57 bits per heavy atom. The fraction of sp³-hybridized carbons (Fsp3) is 0.0909. The van der Waals surface area contributed by atoms with Crippen molar-refractivity contribution >= 4 is 46.6 Å². The third kappa shape index (κ3) is 5.38. The van der Waals surface area contributed by atoms with Gasteiger partial charge < -0.3 is 10.6 Å². The van der Waals surface area contributed by atoms with E-state index in [9.17, 15) is 9.59 Å². The topological polar surface area (TPSA) is 58.2 Å². The van der Waals surface area contributed by atoms with E-state index in [0.717, 1.165) is 16.1 Å². The first-order valence-corrected chi connectivity index (χ1v) is 10.0. The lowest BCUT2D eigenvalue weighted by Gasteiger charge is -2.11. The van der Waals surface area contributed by atoms with Gasteiger partial charge in [0, 0.05) is 10.6 Å². The second-order valence-corrected chi connectivity index (χ2v) is 7.56. The molecule has 0 atom stereocenters. The molecule has 0 aliphatic rings. The van der Waals surface area contributed by atoms with Crippen LogP contribution in [0.4, 0.5) is 11.4 Å². The summed E-state index contributed by atoms with van der Waals surface area (Å²) < 4.78 is 0. The minimum atomic E-state index is -0.268. The molecule has 0 radical (unpaired) electrons. The molecule has 3 rings (SSSR count). The first kappa shape index (κ1) is 20.0. The highest BCUT2D eigenvalue weighted by molar-refractivity contribution is 8.00. The molecule has 0 fully saturated rings. The smallest absolute Gasteiger partial charge is 0.256 e. The molecular formula is C22H19ClN2O2S. The average Bonchev–Trinajstić information content (AvgIpc) is 2.70. The van der Waals surface area contributed by atoms with Crippen LogP contribution in [0, 0.1) is 6.92 Å². The van der Waals surface area contributed by atoms with Gasteiger partial charge in [-0.15, -0.1) is 11.8 Å². The number of aryl methyl sites for hydroxylation is 1. The minimum absolute atomic E-state index is 0.129. The number of carbonyl (C=O) groups is 2. The van der Waals surface area contributed by atoms with Crippen LogP contribution in [0.3, 0.4) is 0 Å². The Hall–Kier alpha value is -2.76. The van der Waals surface area contributed by atoms with Crippen LogP contribution in [0.1, 0.15) is 15.9 Å². The van der Waals surface area contributed by atoms with Gasteiger partial charge in [-0.2, -0.15) is 0 Å². The molecule has 0 heterocycles. The molecule has 2 N–H and O–H groups in total. The molecule has 3 aromatic carbocycles. The molecule has 28 heavy (non-hydrogen) atoms. The van der Waals surface area contributed by atoms with Gasteiger partial charge in [-0.25, -0.2) is 0 Å². The zero-order valence-corrected chi connectivity index (χ0v) is 16.8. The molecule has 0 aliphatic carbocycles. The molecule has 0 saturated heterocycles. The van der Waals surface area contributed by atoms with Crippen molar-refractivity contribution in [3.8, 4) is 0 Å². The van der Waals surface area contributed by atoms with Crippen molar-refractivity contribution < 1.29 is 9.59 Å². The molecule has 0 saturated carbocycles. The number of thioether (sulfide) groups is 1. The van der Waals surface area contributed by atoms with Gasteiger partial charge in [-0.3, -0.25) is 9.59 Å². The Kier molecular flexibility index (Phi) is 6.74. The number of rotatable bonds is 6. The largest absolute Gasteiger partial charge is 0.325 e. The van der Waals surface area contributed by atoms with Gasteiger partial charge in [0.1, 0.15) is 0 Å². The van der Waals surface area contributed by atoms with Crippen LogP contribution in [-0.4, -0.2) is 17.6 Å². The van der Waals surface area contributed by atoms with Gasteiger partial charge in [0.05, 0.1) is 22.0 Å². The summed E-state index contributed by atoms with van der Waals surface area (Å²) in [6, 6.07) is 21.9. The van der Waals surface area contributed by atoms with Crippen LogP contribution in [0.5, 0.6) is 0 Å². The van der Waals surface area contributed by atoms with Gasteiger partial charge in [0.25, 0.3) is 5.91 Å². The molecular weight excluding hydrogens is 392 g/mol. The van der Waals surface area contributed by atoms with Crippen LogP contribution in [0.2, 0.25) is 5.02 Å². The van der Waals surface area contributed by atoms with E-state index >= 15 is 0 Å². The van der Waals surface area contributed by atoms with Gasteiger partial charge in [0.2, 0.25) is 5.91 Å². The number of halogens is 1. The van der Waals surface area contributed by atoms with E-state index in [4.69, 9.17) is 11.6 Å². The second-order valence-electron chi connectivity index (χ2n) is 6.13. The Morgan fingerprint density at radius 3 is 2.32 bits per heavy atom. The van der Waals surface area contributed by atoms with Crippen LogP contribution < -0.4 is 10.6 Å². The number of para-hydroxylation sites is 1. The SMILES string of the molecule is Cc1ccc(NC(=O)CSc2ccccc2C(=O)Nc2ccccc2Cl)cc1. The molecule has 0 unspecified atom stereocenters. The van der Waals surface area contributed by atoms with E-state index in [0.29, 0.717) is 16.3 Å². The quantitative estimate of drug-likeness (QED) is 0.517. The highest BCUT2D eigenvalue weighted by atomic mass is 35.5. The van der Waals surface area contributed by atoms with Crippen LogP contribution in [0.15, 0.2) is 77.7 Å². The number of benzene rings is 3. The maximum atomic E-state index is 12.7. The average molecular weight is 411 g/mol. The summed E-state index contributed by atoms with van der Waals surface area (Å²) >= 11 is 7.43. The Balaban J connectivity index is 1.65. The number of amides is 2. The lowest BCUT2D eigenvalue weighted by molar-refractivity contribution is -0.113. The summed E-state index contributed by atoms with van der Waals surface area (Å²) in [7, 11) is 0. The standard InChI is InChI=1S/C22H19ClN2O2S/c1-15-10-12-16(13-11-15)24-21(26)14-28-20-9-5-2-6-17(20)22(27)25-19-8-4-3-7-18(19)23/h2-13H,14H2,1H3,(H,24,26)(H,25,27). The third-order valence-electron chi connectivity index (χ3n) is 3.95. The third-order valence-corrected chi connectivity index (χ3v) is 5.35. The summed E-state index contributed by atoms with van der Waals surface area (Å²) in [5, 5.41) is 6.14. The summed E-state index contributed by atoms with van der Waals surface area (Å²) in [4.78, 5) is 25.6. The van der Waals surface area contributed by atoms with Crippen molar-refractivity contribution in [2.75, 3.05) is 16.4 Å². The minimum Gasteiger partial charge on any atom is -0.325 e. The molecule has 6 heteroatoms. The van der Waals surface area contributed by atoms with E-state index < -0.39 is 0 Å². The maximum absolute atomic E-state index is 12.7. The van der Waals surface area contributed by atoms with Gasteiger partial charge in [-0.05, 0) is 43.3 Å². The Labute approximate surface area is 173 Å².